The average molecular weight is 1080 g/mol. The predicted molar refractivity (Wildman–Crippen MR) is 285 cm³/mol. The molecule has 62 heavy (non-hydrogen) atoms. The van der Waals surface area contributed by atoms with Gasteiger partial charge < -0.3 is 0 Å². The van der Waals surface area contributed by atoms with Crippen molar-refractivity contribution in [3.63, 3.8) is 0 Å². The van der Waals surface area contributed by atoms with Gasteiger partial charge in [0.1, 0.15) is 0 Å². The normalized spacial score (nSPS) is 13.6. The zero-order valence-corrected chi connectivity index (χ0v) is 47.6. The van der Waals surface area contributed by atoms with Gasteiger partial charge >= 0.3 is 0 Å². The van der Waals surface area contributed by atoms with E-state index in [2.05, 4.69) is 98.8 Å². The van der Waals surface area contributed by atoms with Gasteiger partial charge in [-0.1, -0.05) is 144 Å². The van der Waals surface area contributed by atoms with Gasteiger partial charge in [-0.3, -0.25) is 19.2 Å². The molecule has 0 radical (unpaired) electrons. The predicted octanol–water partition coefficient (Wildman–Crippen LogP) is 16.8. The molecule has 6 rings (SSSR count). The van der Waals surface area contributed by atoms with Gasteiger partial charge in [0.15, 0.2) is 0 Å². The molecule has 0 fully saturated rings. The smallest absolute Gasteiger partial charge is 0.235 e. The maximum absolute atomic E-state index is 13.7. The molecule has 12 heteroatoms. The van der Waals surface area contributed by atoms with Gasteiger partial charge in [0.25, 0.3) is 0 Å². The summed E-state index contributed by atoms with van der Waals surface area (Å²) in [5.74, 6) is -1.06. The summed E-state index contributed by atoms with van der Waals surface area (Å²) < 4.78 is 4.90. The van der Waals surface area contributed by atoms with Crippen LogP contribution in [-0.4, -0.2) is 39.3 Å². The zero-order chi connectivity index (χ0) is 45.5. The third-order valence-electron chi connectivity index (χ3n) is 12.1. The molecule has 4 aromatic heterocycles. The Morgan fingerprint density at radius 3 is 0.855 bits per heavy atom. The number of ketones is 4. The van der Waals surface area contributed by atoms with Crippen LogP contribution in [0.15, 0.2) is 7.57 Å². The number of carbonyl (C=O) groups is 4. The fourth-order valence-corrected chi connectivity index (χ4v) is 20.7. The Balaban J connectivity index is 0.000000238. The lowest BCUT2D eigenvalue weighted by Crippen LogP contribution is -2.38. The molecular weight excluding hydrogens is 1010 g/mol. The molecule has 0 amide bonds. The minimum atomic E-state index is -1.64. The first-order chi connectivity index (χ1) is 29.4. The monoisotopic (exact) mass is 1080 g/mol. The lowest BCUT2D eigenvalue weighted by Gasteiger charge is -2.19. The van der Waals surface area contributed by atoms with Crippen molar-refractivity contribution in [2.24, 2.45) is 0 Å². The highest BCUT2D eigenvalue weighted by Crippen LogP contribution is 2.51. The number of fused-ring (bicyclic) bond motifs is 6. The molecule has 0 saturated carbocycles. The Kier molecular flexibility index (Phi) is 19.3. The van der Waals surface area contributed by atoms with Crippen molar-refractivity contribution in [2.45, 2.75) is 195 Å². The molecule has 0 saturated heterocycles. The first kappa shape index (κ1) is 51.9. The Hall–Kier alpha value is -1.13. The molecule has 0 unspecified atom stereocenters. The number of carbonyl (C=O) groups excluding carboxylic acids is 4. The maximum atomic E-state index is 13.7. The van der Waals surface area contributed by atoms with Gasteiger partial charge in [0.05, 0.1) is 43.2 Å². The molecule has 0 atom stereocenters. The molecule has 2 aliphatic carbocycles. The lowest BCUT2D eigenvalue weighted by molar-refractivity contribution is 0.0815. The summed E-state index contributed by atoms with van der Waals surface area (Å²) in [5, 5.41) is 0. The molecule has 4 aromatic rings. The molecule has 0 aliphatic heterocycles. The van der Waals surface area contributed by atoms with Crippen molar-refractivity contribution in [3.05, 3.63) is 52.1 Å². The zero-order valence-electron chi connectivity index (χ0n) is 39.2. The standard InChI is InChI=1S/C28H44O2S2Si2.C22H26Br2O2S2/c1-9-11-13-15-17-19-21-23(29)24(30)22-20(18-16-14-12-10-2)28(34(6,7)8)32-26(22)25(21)31-27(19)33(3,4)5;1-3-5-7-9-11-13-15-17(25)18(26)16-14(12-10-8-6-4-2)22(24)28-20(16)19(15)27-21(13)23/h9-18H2,1-8H3;3-12H2,1-2H3. The highest BCUT2D eigenvalue weighted by Gasteiger charge is 2.43. The van der Waals surface area contributed by atoms with Crippen LogP contribution in [0.1, 0.15) is 194 Å². The van der Waals surface area contributed by atoms with Gasteiger partial charge in [-0.05, 0) is 114 Å². The van der Waals surface area contributed by atoms with E-state index in [-0.39, 0.29) is 23.1 Å². The summed E-state index contributed by atoms with van der Waals surface area (Å²) in [7, 11) is -3.28. The summed E-state index contributed by atoms with van der Waals surface area (Å²) in [6.07, 6.45) is 22.3. The minimum absolute atomic E-state index is 0.219. The number of hydrogen-bond donors (Lipinski definition) is 0. The third-order valence-corrected chi connectivity index (χ3v) is 26.2. The summed E-state index contributed by atoms with van der Waals surface area (Å²) >= 11 is 14.3. The summed E-state index contributed by atoms with van der Waals surface area (Å²) in [6.45, 7) is 23.2. The van der Waals surface area contributed by atoms with Crippen molar-refractivity contribution in [1.29, 1.82) is 0 Å². The van der Waals surface area contributed by atoms with E-state index in [4.69, 9.17) is 0 Å². The van der Waals surface area contributed by atoms with Crippen molar-refractivity contribution >= 4 is 125 Å². The third kappa shape index (κ3) is 11.5. The van der Waals surface area contributed by atoms with Crippen LogP contribution in [0.4, 0.5) is 0 Å². The lowest BCUT2D eigenvalue weighted by atomic mass is 9.88. The molecule has 0 N–H and O–H groups in total. The van der Waals surface area contributed by atoms with Crippen LogP contribution in [0.5, 0.6) is 0 Å². The van der Waals surface area contributed by atoms with E-state index < -0.39 is 16.1 Å². The Labute approximate surface area is 408 Å². The van der Waals surface area contributed by atoms with Crippen LogP contribution in [-0.2, 0) is 25.7 Å². The van der Waals surface area contributed by atoms with Gasteiger partial charge in [-0.25, -0.2) is 0 Å². The van der Waals surface area contributed by atoms with Crippen LogP contribution >= 0.6 is 77.2 Å². The SMILES string of the molecule is CCCCCCc1c(Br)sc2c1C(=O)C(=O)c1c-2sc(Br)c1CCCCCC.CCCCCCc1c([Si](C)(C)C)sc2c1C(=O)C(=O)c1c-2sc([Si](C)(C)C)c1CCCCCC. The highest BCUT2D eigenvalue weighted by atomic mass is 79.9. The molecular formula is C50H70Br2O4S4Si2. The van der Waals surface area contributed by atoms with E-state index in [0.29, 0.717) is 11.1 Å². The number of rotatable bonds is 22. The number of unbranched alkanes of at least 4 members (excludes halogenated alkanes) is 12. The van der Waals surface area contributed by atoms with Gasteiger partial charge in [-0.15, -0.1) is 45.3 Å². The molecule has 4 nitrogen and oxygen atoms in total. The summed E-state index contributed by atoms with van der Waals surface area (Å²) in [5.41, 5.74) is 7.44. The highest BCUT2D eigenvalue weighted by molar-refractivity contribution is 9.11. The molecule has 0 bridgehead atoms. The second kappa shape index (κ2) is 23.1. The molecule has 2 aliphatic rings. The number of halogens is 2. The largest absolute Gasteiger partial charge is 0.285 e. The number of hydrogen-bond acceptors (Lipinski definition) is 8. The molecule has 340 valence electrons. The van der Waals surface area contributed by atoms with Crippen molar-refractivity contribution in [1.82, 2.24) is 0 Å². The number of thiophene rings is 4. The Morgan fingerprint density at radius 1 is 0.355 bits per heavy atom. The first-order valence-electron chi connectivity index (χ1n) is 23.6. The summed E-state index contributed by atoms with van der Waals surface area (Å²) in [4.78, 5) is 57.8. The van der Waals surface area contributed by atoms with Crippen molar-refractivity contribution < 1.29 is 19.2 Å². The van der Waals surface area contributed by atoms with Crippen LogP contribution in [0.3, 0.4) is 0 Å². The second-order valence-corrected chi connectivity index (χ2v) is 36.8. The van der Waals surface area contributed by atoms with Gasteiger partial charge in [-0.2, -0.15) is 0 Å². The molecule has 4 heterocycles. The molecule has 0 spiro atoms. The Bertz CT molecular complexity index is 2090. The van der Waals surface area contributed by atoms with E-state index >= 15 is 0 Å². The van der Waals surface area contributed by atoms with E-state index in [1.54, 1.807) is 22.7 Å². The van der Waals surface area contributed by atoms with E-state index in [0.717, 1.165) is 114 Å². The fraction of sp³-hybridized carbons (Fsp3) is 0.600. The van der Waals surface area contributed by atoms with Crippen LogP contribution < -0.4 is 9.00 Å². The van der Waals surface area contributed by atoms with Crippen molar-refractivity contribution in [3.8, 4) is 19.5 Å². The van der Waals surface area contributed by atoms with E-state index in [1.807, 2.05) is 22.7 Å². The second-order valence-electron chi connectivity index (χ2n) is 19.4. The van der Waals surface area contributed by atoms with Gasteiger partial charge in [0, 0.05) is 22.3 Å². The Morgan fingerprint density at radius 2 is 0.597 bits per heavy atom. The molecule has 0 aromatic carbocycles. The van der Waals surface area contributed by atoms with Gasteiger partial charge in [0.2, 0.25) is 23.1 Å². The number of Topliss-reactive ketones (excluding diaryl/α,β-unsaturated/α-hetero) is 4. The quantitative estimate of drug-likeness (QED) is 0.0447. The van der Waals surface area contributed by atoms with E-state index in [1.165, 1.54) is 84.3 Å². The fourth-order valence-electron chi connectivity index (χ4n) is 8.91. The average Bonchev–Trinajstić information content (AvgIpc) is 3.97. The topological polar surface area (TPSA) is 68.3 Å². The van der Waals surface area contributed by atoms with E-state index in [9.17, 15) is 19.2 Å². The van der Waals surface area contributed by atoms with Crippen molar-refractivity contribution in [2.75, 3.05) is 0 Å². The van der Waals surface area contributed by atoms with Crippen LogP contribution in [0.2, 0.25) is 39.3 Å². The minimum Gasteiger partial charge on any atom is -0.285 e. The van der Waals surface area contributed by atoms with Crippen LogP contribution in [0.25, 0.3) is 19.5 Å². The summed E-state index contributed by atoms with van der Waals surface area (Å²) in [6, 6.07) is 0. The maximum Gasteiger partial charge on any atom is 0.235 e. The van der Waals surface area contributed by atoms with Crippen LogP contribution in [0, 0.1) is 0 Å². The first-order valence-corrected chi connectivity index (χ1v) is 35.4.